The highest BCUT2D eigenvalue weighted by Crippen LogP contribution is 2.19. The Balaban J connectivity index is 1.28. The predicted molar refractivity (Wildman–Crippen MR) is 109 cm³/mol. The van der Waals surface area contributed by atoms with Crippen molar-refractivity contribution < 1.29 is 9.53 Å². The number of likely N-dealkylation sites (tertiary alicyclic amines) is 1. The van der Waals surface area contributed by atoms with E-state index in [2.05, 4.69) is 26.7 Å². The summed E-state index contributed by atoms with van der Waals surface area (Å²) in [6, 6.07) is 11.4. The first-order chi connectivity index (χ1) is 14.1. The van der Waals surface area contributed by atoms with E-state index >= 15 is 0 Å². The van der Waals surface area contributed by atoms with Gasteiger partial charge in [-0.05, 0) is 49.2 Å². The Kier molecular flexibility index (Phi) is 5.41. The van der Waals surface area contributed by atoms with E-state index in [9.17, 15) is 4.79 Å². The van der Waals surface area contributed by atoms with Crippen LogP contribution in [0.15, 0.2) is 48.8 Å². The second kappa shape index (κ2) is 8.30. The molecule has 2 amide bonds. The lowest BCUT2D eigenvalue weighted by atomic mass is 10.1. The van der Waals surface area contributed by atoms with Crippen molar-refractivity contribution in [3.05, 3.63) is 59.9 Å². The molecule has 8 nitrogen and oxygen atoms in total. The lowest BCUT2D eigenvalue weighted by molar-refractivity contribution is 0.110. The minimum absolute atomic E-state index is 0.0186. The van der Waals surface area contributed by atoms with Gasteiger partial charge < -0.3 is 15.0 Å². The number of carbonyl (C=O) groups is 1. The van der Waals surface area contributed by atoms with Crippen LogP contribution in [0.4, 0.5) is 10.5 Å². The van der Waals surface area contributed by atoms with Gasteiger partial charge in [0.2, 0.25) is 5.88 Å². The van der Waals surface area contributed by atoms with Gasteiger partial charge in [-0.3, -0.25) is 0 Å². The third-order valence-electron chi connectivity index (χ3n) is 4.85. The summed E-state index contributed by atoms with van der Waals surface area (Å²) in [5.41, 5.74) is 3.10. The maximum absolute atomic E-state index is 12.5. The van der Waals surface area contributed by atoms with Crippen LogP contribution in [-0.2, 0) is 0 Å². The third-order valence-corrected chi connectivity index (χ3v) is 4.85. The first-order valence-corrected chi connectivity index (χ1v) is 9.71. The van der Waals surface area contributed by atoms with Crippen molar-refractivity contribution in [1.29, 1.82) is 0 Å². The van der Waals surface area contributed by atoms with Crippen LogP contribution in [0.25, 0.3) is 5.82 Å². The van der Waals surface area contributed by atoms with Crippen molar-refractivity contribution in [1.82, 2.24) is 24.9 Å². The van der Waals surface area contributed by atoms with Crippen molar-refractivity contribution in [2.45, 2.75) is 32.8 Å². The maximum Gasteiger partial charge on any atom is 0.321 e. The highest BCUT2D eigenvalue weighted by atomic mass is 16.5. The molecule has 1 N–H and O–H groups in total. The molecule has 2 aromatic heterocycles. The molecular formula is C21H24N6O2. The van der Waals surface area contributed by atoms with Crippen LogP contribution >= 0.6 is 0 Å². The summed E-state index contributed by atoms with van der Waals surface area (Å²) in [4.78, 5) is 14.4. The average Bonchev–Trinajstić information content (AvgIpc) is 3.23. The van der Waals surface area contributed by atoms with Crippen LogP contribution in [0.2, 0.25) is 0 Å². The van der Waals surface area contributed by atoms with Crippen LogP contribution in [-0.4, -0.2) is 50.1 Å². The Hall–Kier alpha value is -3.42. The van der Waals surface area contributed by atoms with E-state index in [0.717, 1.165) is 29.7 Å². The SMILES string of the molecule is Cc1cc(C)cc(NC(=O)N2CCC(Oc3ccc(-n4cccn4)nn3)CC2)c1. The highest BCUT2D eigenvalue weighted by Gasteiger charge is 2.24. The van der Waals surface area contributed by atoms with Crippen molar-refractivity contribution in [3.63, 3.8) is 0 Å². The van der Waals surface area contributed by atoms with E-state index < -0.39 is 0 Å². The summed E-state index contributed by atoms with van der Waals surface area (Å²) in [7, 11) is 0. The molecule has 1 aliphatic rings. The van der Waals surface area contributed by atoms with E-state index in [0.29, 0.717) is 24.8 Å². The van der Waals surface area contributed by atoms with Crippen molar-refractivity contribution in [2.24, 2.45) is 0 Å². The quantitative estimate of drug-likeness (QED) is 0.736. The van der Waals surface area contributed by atoms with Crippen LogP contribution < -0.4 is 10.1 Å². The molecule has 0 unspecified atom stereocenters. The maximum atomic E-state index is 12.5. The Morgan fingerprint density at radius 2 is 1.86 bits per heavy atom. The molecule has 1 saturated heterocycles. The van der Waals surface area contributed by atoms with Crippen LogP contribution in [0, 0.1) is 13.8 Å². The van der Waals surface area contributed by atoms with Crippen molar-refractivity contribution in [3.8, 4) is 11.7 Å². The smallest absolute Gasteiger partial charge is 0.321 e. The second-order valence-corrected chi connectivity index (χ2v) is 7.29. The Morgan fingerprint density at radius 3 is 2.48 bits per heavy atom. The normalized spacial score (nSPS) is 14.6. The molecule has 29 heavy (non-hydrogen) atoms. The third kappa shape index (κ3) is 4.71. The van der Waals surface area contributed by atoms with Gasteiger partial charge in [0, 0.05) is 50.1 Å². The first-order valence-electron chi connectivity index (χ1n) is 9.71. The standard InChI is InChI=1S/C21H24N6O2/c1-15-12-16(2)14-17(13-15)23-21(28)26-10-6-18(7-11-26)29-20-5-4-19(24-25-20)27-9-3-8-22-27/h3-5,8-9,12-14,18H,6-7,10-11H2,1-2H3,(H,23,28). The number of amides is 2. The van der Waals surface area contributed by atoms with Crippen molar-refractivity contribution >= 4 is 11.7 Å². The summed E-state index contributed by atoms with van der Waals surface area (Å²) in [5, 5.41) is 15.4. The fraction of sp³-hybridized carbons (Fsp3) is 0.333. The minimum atomic E-state index is -0.0724. The molecule has 4 rings (SSSR count). The van der Waals surface area contributed by atoms with Gasteiger partial charge >= 0.3 is 6.03 Å². The number of hydrogen-bond donors (Lipinski definition) is 1. The average molecular weight is 392 g/mol. The zero-order valence-electron chi connectivity index (χ0n) is 16.6. The molecule has 8 heteroatoms. The lowest BCUT2D eigenvalue weighted by Crippen LogP contribution is -2.43. The van der Waals surface area contributed by atoms with Gasteiger partial charge in [-0.25, -0.2) is 9.48 Å². The molecule has 150 valence electrons. The van der Waals surface area contributed by atoms with Crippen molar-refractivity contribution in [2.75, 3.05) is 18.4 Å². The number of nitrogens with zero attached hydrogens (tertiary/aromatic N) is 5. The number of ether oxygens (including phenoxy) is 1. The highest BCUT2D eigenvalue weighted by molar-refractivity contribution is 5.89. The predicted octanol–water partition coefficient (Wildman–Crippen LogP) is 3.35. The number of aromatic nitrogens is 4. The summed E-state index contributed by atoms with van der Waals surface area (Å²) >= 11 is 0. The molecule has 1 aromatic carbocycles. The van der Waals surface area contributed by atoms with E-state index in [1.54, 1.807) is 16.9 Å². The summed E-state index contributed by atoms with van der Waals surface area (Å²) in [5.74, 6) is 1.12. The number of nitrogens with one attached hydrogen (secondary N) is 1. The van der Waals surface area contributed by atoms with Gasteiger partial charge in [0.15, 0.2) is 5.82 Å². The van der Waals surface area contributed by atoms with Gasteiger partial charge in [-0.15, -0.1) is 10.2 Å². The molecule has 0 spiro atoms. The van der Waals surface area contributed by atoms with E-state index in [-0.39, 0.29) is 12.1 Å². The number of piperidine rings is 1. The first kappa shape index (κ1) is 18.9. The molecule has 3 aromatic rings. The summed E-state index contributed by atoms with van der Waals surface area (Å²) < 4.78 is 7.59. The molecule has 0 saturated carbocycles. The molecule has 1 aliphatic heterocycles. The molecule has 0 aliphatic carbocycles. The Morgan fingerprint density at radius 1 is 1.10 bits per heavy atom. The fourth-order valence-electron chi connectivity index (χ4n) is 3.50. The molecule has 3 heterocycles. The summed E-state index contributed by atoms with van der Waals surface area (Å²) in [6.45, 7) is 5.33. The number of urea groups is 1. The zero-order valence-corrected chi connectivity index (χ0v) is 16.6. The number of carbonyl (C=O) groups excluding carboxylic acids is 1. The Labute approximate surface area is 169 Å². The zero-order chi connectivity index (χ0) is 20.2. The number of hydrogen-bond acceptors (Lipinski definition) is 5. The molecular weight excluding hydrogens is 368 g/mol. The van der Waals surface area contributed by atoms with E-state index in [1.165, 1.54) is 0 Å². The topological polar surface area (TPSA) is 85.2 Å². The molecule has 0 bridgehead atoms. The van der Waals surface area contributed by atoms with E-state index in [1.807, 2.05) is 49.2 Å². The van der Waals surface area contributed by atoms with Crippen LogP contribution in [0.5, 0.6) is 5.88 Å². The molecule has 1 fully saturated rings. The molecule has 0 atom stereocenters. The number of anilines is 1. The summed E-state index contributed by atoms with van der Waals surface area (Å²) in [6.07, 6.45) is 5.02. The molecule has 0 radical (unpaired) electrons. The van der Waals surface area contributed by atoms with Gasteiger partial charge in [0.25, 0.3) is 0 Å². The van der Waals surface area contributed by atoms with E-state index in [4.69, 9.17) is 4.74 Å². The second-order valence-electron chi connectivity index (χ2n) is 7.29. The van der Waals surface area contributed by atoms with Crippen LogP contribution in [0.3, 0.4) is 0 Å². The van der Waals surface area contributed by atoms with Gasteiger partial charge in [-0.2, -0.15) is 5.10 Å². The van der Waals surface area contributed by atoms with Gasteiger partial charge in [0.05, 0.1) is 0 Å². The van der Waals surface area contributed by atoms with Gasteiger partial charge in [0.1, 0.15) is 6.10 Å². The number of rotatable bonds is 4. The minimum Gasteiger partial charge on any atom is -0.473 e. The largest absolute Gasteiger partial charge is 0.473 e. The number of benzene rings is 1. The van der Waals surface area contributed by atoms with Crippen LogP contribution in [0.1, 0.15) is 24.0 Å². The number of aryl methyl sites for hydroxylation is 2. The Bertz CT molecular complexity index is 943. The lowest BCUT2D eigenvalue weighted by Gasteiger charge is -2.31. The van der Waals surface area contributed by atoms with Gasteiger partial charge in [-0.1, -0.05) is 6.07 Å². The fourth-order valence-corrected chi connectivity index (χ4v) is 3.50. The monoisotopic (exact) mass is 392 g/mol.